The molecule has 0 amide bonds. The van der Waals surface area contributed by atoms with E-state index in [9.17, 15) is 4.79 Å². The van der Waals surface area contributed by atoms with Crippen molar-refractivity contribution < 1.29 is 18.7 Å². The van der Waals surface area contributed by atoms with Crippen LogP contribution in [-0.2, 0) is 11.3 Å². The molecule has 0 saturated heterocycles. The van der Waals surface area contributed by atoms with Crippen molar-refractivity contribution in [3.8, 4) is 5.75 Å². The predicted octanol–water partition coefficient (Wildman–Crippen LogP) is 4.29. The van der Waals surface area contributed by atoms with Crippen LogP contribution in [0.15, 0.2) is 34.7 Å². The quantitative estimate of drug-likeness (QED) is 0.788. The molecule has 0 fully saturated rings. The van der Waals surface area contributed by atoms with E-state index in [1.807, 2.05) is 45.0 Å². The summed E-state index contributed by atoms with van der Waals surface area (Å²) in [6.45, 7) is 8.17. The summed E-state index contributed by atoms with van der Waals surface area (Å²) in [6.07, 6.45) is 0. The van der Waals surface area contributed by atoms with Crippen LogP contribution >= 0.6 is 0 Å². The molecule has 4 heteroatoms. The first-order valence-corrected chi connectivity index (χ1v) is 6.97. The van der Waals surface area contributed by atoms with Crippen molar-refractivity contribution in [3.63, 3.8) is 0 Å². The van der Waals surface area contributed by atoms with Gasteiger partial charge < -0.3 is 13.9 Å². The highest BCUT2D eigenvalue weighted by Gasteiger charge is 2.14. The predicted molar refractivity (Wildman–Crippen MR) is 81.6 cm³/mol. The number of aryl methyl sites for hydroxylation is 2. The molecule has 2 rings (SSSR count). The van der Waals surface area contributed by atoms with Gasteiger partial charge in [-0.05, 0) is 32.0 Å². The van der Waals surface area contributed by atoms with Crippen LogP contribution in [0.1, 0.15) is 41.3 Å². The van der Waals surface area contributed by atoms with E-state index in [2.05, 4.69) is 4.74 Å². The number of esters is 1. The fourth-order valence-electron chi connectivity index (χ4n) is 1.66. The SMILES string of the molecule is CC.COC(=O)c1cc(COc2ccc(C)cc2)c(C)o1. The van der Waals surface area contributed by atoms with Gasteiger partial charge in [-0.2, -0.15) is 0 Å². The number of furan rings is 1. The van der Waals surface area contributed by atoms with E-state index in [4.69, 9.17) is 9.15 Å². The maximum absolute atomic E-state index is 11.3. The Balaban J connectivity index is 0.00000106. The van der Waals surface area contributed by atoms with Gasteiger partial charge in [-0.15, -0.1) is 0 Å². The number of hydrogen-bond acceptors (Lipinski definition) is 4. The topological polar surface area (TPSA) is 48.7 Å². The van der Waals surface area contributed by atoms with E-state index >= 15 is 0 Å². The molecular weight excluding hydrogens is 268 g/mol. The van der Waals surface area contributed by atoms with Gasteiger partial charge in [0.15, 0.2) is 0 Å². The number of hydrogen-bond donors (Lipinski definition) is 0. The molecule has 21 heavy (non-hydrogen) atoms. The third-order valence-electron chi connectivity index (χ3n) is 2.82. The minimum atomic E-state index is -0.482. The van der Waals surface area contributed by atoms with E-state index in [1.165, 1.54) is 12.7 Å². The molecule has 0 atom stereocenters. The Labute approximate surface area is 125 Å². The molecule has 1 heterocycles. The third-order valence-corrected chi connectivity index (χ3v) is 2.82. The van der Waals surface area contributed by atoms with Crippen LogP contribution in [0.25, 0.3) is 0 Å². The third kappa shape index (κ3) is 4.67. The average Bonchev–Trinajstić information content (AvgIpc) is 2.89. The highest BCUT2D eigenvalue weighted by atomic mass is 16.5. The van der Waals surface area contributed by atoms with Crippen LogP contribution in [0.2, 0.25) is 0 Å². The number of benzene rings is 1. The van der Waals surface area contributed by atoms with Gasteiger partial charge in [-0.3, -0.25) is 0 Å². The van der Waals surface area contributed by atoms with Crippen molar-refractivity contribution in [1.82, 2.24) is 0 Å². The summed E-state index contributed by atoms with van der Waals surface area (Å²) in [5, 5.41) is 0. The lowest BCUT2D eigenvalue weighted by atomic mass is 10.2. The zero-order chi connectivity index (χ0) is 15.8. The Morgan fingerprint density at radius 1 is 1.14 bits per heavy atom. The van der Waals surface area contributed by atoms with E-state index in [-0.39, 0.29) is 5.76 Å². The molecule has 0 radical (unpaired) electrons. The molecule has 0 N–H and O–H groups in total. The Hall–Kier alpha value is -2.23. The van der Waals surface area contributed by atoms with Gasteiger partial charge in [0.2, 0.25) is 5.76 Å². The summed E-state index contributed by atoms with van der Waals surface area (Å²) in [7, 11) is 1.32. The molecule has 0 spiro atoms. The maximum Gasteiger partial charge on any atom is 0.373 e. The van der Waals surface area contributed by atoms with Gasteiger partial charge in [-0.1, -0.05) is 31.5 Å². The zero-order valence-electron chi connectivity index (χ0n) is 13.2. The van der Waals surface area contributed by atoms with E-state index in [0.717, 1.165) is 11.3 Å². The Morgan fingerprint density at radius 3 is 2.33 bits per heavy atom. The molecule has 0 bridgehead atoms. The maximum atomic E-state index is 11.3. The smallest absolute Gasteiger partial charge is 0.373 e. The minimum absolute atomic E-state index is 0.197. The fraction of sp³-hybridized carbons (Fsp3) is 0.353. The molecule has 2 aromatic rings. The second-order valence-corrected chi connectivity index (χ2v) is 4.29. The van der Waals surface area contributed by atoms with Crippen molar-refractivity contribution in [1.29, 1.82) is 0 Å². The van der Waals surface area contributed by atoms with Crippen molar-refractivity contribution >= 4 is 5.97 Å². The number of carbonyl (C=O) groups is 1. The molecule has 0 aliphatic rings. The van der Waals surface area contributed by atoms with Gasteiger partial charge in [0.05, 0.1) is 7.11 Å². The molecule has 4 nitrogen and oxygen atoms in total. The van der Waals surface area contributed by atoms with Gasteiger partial charge in [-0.25, -0.2) is 4.79 Å². The Kier molecular flexibility index (Phi) is 6.53. The lowest BCUT2D eigenvalue weighted by molar-refractivity contribution is 0.0563. The van der Waals surface area contributed by atoms with Gasteiger partial charge in [0.1, 0.15) is 18.1 Å². The largest absolute Gasteiger partial charge is 0.489 e. The minimum Gasteiger partial charge on any atom is -0.489 e. The van der Waals surface area contributed by atoms with Gasteiger partial charge in [0, 0.05) is 5.56 Å². The Morgan fingerprint density at radius 2 is 1.76 bits per heavy atom. The molecule has 114 valence electrons. The number of rotatable bonds is 4. The summed E-state index contributed by atoms with van der Waals surface area (Å²) in [5.41, 5.74) is 2.01. The summed E-state index contributed by atoms with van der Waals surface area (Å²) in [6, 6.07) is 9.43. The van der Waals surface area contributed by atoms with Crippen molar-refractivity contribution in [2.24, 2.45) is 0 Å². The highest BCUT2D eigenvalue weighted by Crippen LogP contribution is 2.19. The highest BCUT2D eigenvalue weighted by molar-refractivity contribution is 5.86. The normalized spacial score (nSPS) is 9.57. The van der Waals surface area contributed by atoms with Crippen LogP contribution in [0.3, 0.4) is 0 Å². The van der Waals surface area contributed by atoms with Crippen molar-refractivity contribution in [2.45, 2.75) is 34.3 Å². The molecule has 1 aromatic carbocycles. The van der Waals surface area contributed by atoms with Crippen LogP contribution in [0, 0.1) is 13.8 Å². The van der Waals surface area contributed by atoms with E-state index in [0.29, 0.717) is 12.4 Å². The number of methoxy groups -OCH3 is 1. The van der Waals surface area contributed by atoms with Crippen LogP contribution in [0.5, 0.6) is 5.75 Å². The summed E-state index contributed by atoms with van der Waals surface area (Å²) in [4.78, 5) is 11.3. The standard InChI is InChI=1S/C15H16O4.C2H6/c1-10-4-6-13(7-5-10)18-9-12-8-14(15(16)17-3)19-11(12)2;1-2/h4-8H,9H2,1-3H3;1-2H3. The second-order valence-electron chi connectivity index (χ2n) is 4.29. The van der Waals surface area contributed by atoms with Crippen molar-refractivity contribution in [2.75, 3.05) is 7.11 Å². The molecule has 0 aliphatic heterocycles. The first-order chi connectivity index (χ1) is 10.1. The van der Waals surface area contributed by atoms with Crippen LogP contribution in [-0.4, -0.2) is 13.1 Å². The molecule has 1 aromatic heterocycles. The lowest BCUT2D eigenvalue weighted by Crippen LogP contribution is -1.99. The first-order valence-electron chi connectivity index (χ1n) is 6.97. The van der Waals surface area contributed by atoms with E-state index < -0.39 is 5.97 Å². The summed E-state index contributed by atoms with van der Waals surface area (Å²) >= 11 is 0. The lowest BCUT2D eigenvalue weighted by Gasteiger charge is -2.05. The first kappa shape index (κ1) is 16.8. The molecular formula is C17H22O4. The second kappa shape index (κ2) is 8.15. The average molecular weight is 290 g/mol. The Bertz CT molecular complexity index is 567. The van der Waals surface area contributed by atoms with Crippen LogP contribution < -0.4 is 4.74 Å². The van der Waals surface area contributed by atoms with Crippen LogP contribution in [0.4, 0.5) is 0 Å². The monoisotopic (exact) mass is 290 g/mol. The fourth-order valence-corrected chi connectivity index (χ4v) is 1.66. The number of ether oxygens (including phenoxy) is 2. The summed E-state index contributed by atoms with van der Waals surface area (Å²) in [5.74, 6) is 1.16. The molecule has 0 saturated carbocycles. The van der Waals surface area contributed by atoms with Gasteiger partial charge >= 0.3 is 5.97 Å². The molecule has 0 unspecified atom stereocenters. The zero-order valence-corrected chi connectivity index (χ0v) is 13.2. The van der Waals surface area contributed by atoms with Crippen molar-refractivity contribution in [3.05, 3.63) is 53.0 Å². The van der Waals surface area contributed by atoms with Gasteiger partial charge in [0.25, 0.3) is 0 Å². The number of carbonyl (C=O) groups excluding carboxylic acids is 1. The summed E-state index contributed by atoms with van der Waals surface area (Å²) < 4.78 is 15.6. The van der Waals surface area contributed by atoms with E-state index in [1.54, 1.807) is 13.0 Å². The molecule has 0 aliphatic carbocycles.